The van der Waals surface area contributed by atoms with Gasteiger partial charge in [-0.05, 0) is 70.2 Å². The molecule has 32 heavy (non-hydrogen) atoms. The van der Waals surface area contributed by atoms with Crippen LogP contribution in [0.2, 0.25) is 0 Å². The smallest absolute Gasteiger partial charge is 0.202 e. The maximum Gasteiger partial charge on any atom is 0.202 e. The molecule has 4 N–H and O–H groups in total. The summed E-state index contributed by atoms with van der Waals surface area (Å²) in [6.45, 7) is 7.77. The number of phenols is 3. The highest BCUT2D eigenvalue weighted by molar-refractivity contribution is 6.06. The van der Waals surface area contributed by atoms with Crippen molar-refractivity contribution in [2.24, 2.45) is 0 Å². The third-order valence-corrected chi connectivity index (χ3v) is 5.70. The average Bonchev–Trinajstić information content (AvgIpc) is 2.72. The SMILES string of the molecule is CC(C)=CCC/C(C)=C/Cc1c(O)cc2c(c1O)C(=O)[C@H](O)[C@@H](c1ccc(O)c(C)c1)O2. The lowest BCUT2D eigenvalue weighted by molar-refractivity contribution is 0.0210. The lowest BCUT2D eigenvalue weighted by Crippen LogP contribution is -2.36. The van der Waals surface area contributed by atoms with Crippen LogP contribution in [0.4, 0.5) is 0 Å². The van der Waals surface area contributed by atoms with E-state index < -0.39 is 18.0 Å². The van der Waals surface area contributed by atoms with Gasteiger partial charge in [0, 0.05) is 11.6 Å². The molecule has 0 amide bonds. The van der Waals surface area contributed by atoms with Gasteiger partial charge >= 0.3 is 0 Å². The number of aliphatic hydroxyl groups is 1. The summed E-state index contributed by atoms with van der Waals surface area (Å²) in [5, 5.41) is 41.6. The number of phenolic OH excluding ortho intramolecular Hbond substituents is 3. The second kappa shape index (κ2) is 9.49. The molecule has 0 aliphatic carbocycles. The molecule has 2 atom stereocenters. The van der Waals surface area contributed by atoms with Gasteiger partial charge in [0.05, 0.1) is 0 Å². The Morgan fingerprint density at radius 2 is 1.78 bits per heavy atom. The summed E-state index contributed by atoms with van der Waals surface area (Å²) in [5.74, 6) is -1.13. The number of allylic oxidation sites excluding steroid dienone is 4. The fourth-order valence-electron chi connectivity index (χ4n) is 3.76. The first-order chi connectivity index (χ1) is 15.1. The van der Waals surface area contributed by atoms with E-state index in [0.717, 1.165) is 18.4 Å². The number of rotatable bonds is 6. The highest BCUT2D eigenvalue weighted by Gasteiger charge is 2.40. The van der Waals surface area contributed by atoms with Gasteiger partial charge in [-0.25, -0.2) is 0 Å². The normalized spacial score (nSPS) is 18.2. The molecule has 170 valence electrons. The Morgan fingerprint density at radius 1 is 1.06 bits per heavy atom. The molecular weight excluding hydrogens is 408 g/mol. The molecule has 1 heterocycles. The average molecular weight is 439 g/mol. The standard InChI is InChI=1S/C26H30O6/c1-14(2)6-5-7-15(3)8-10-18-20(28)13-21-22(23(18)29)24(30)25(31)26(32-21)17-9-11-19(27)16(4)12-17/h6,8-9,11-13,25-29,31H,5,7,10H2,1-4H3/b15-8+/t25-,26+/m0/s1. The maximum atomic E-state index is 12.9. The van der Waals surface area contributed by atoms with E-state index in [0.29, 0.717) is 11.1 Å². The van der Waals surface area contributed by atoms with Crippen LogP contribution < -0.4 is 4.74 Å². The van der Waals surface area contributed by atoms with E-state index in [1.165, 1.54) is 17.7 Å². The van der Waals surface area contributed by atoms with Crippen LogP contribution in [0.15, 0.2) is 47.6 Å². The van der Waals surface area contributed by atoms with Crippen LogP contribution in [0.3, 0.4) is 0 Å². The molecule has 1 aliphatic heterocycles. The van der Waals surface area contributed by atoms with Gasteiger partial charge in [-0.2, -0.15) is 0 Å². The van der Waals surface area contributed by atoms with E-state index in [4.69, 9.17) is 4.74 Å². The molecule has 0 radical (unpaired) electrons. The Kier molecular flexibility index (Phi) is 6.94. The second-order valence-corrected chi connectivity index (χ2v) is 8.56. The van der Waals surface area contributed by atoms with Crippen molar-refractivity contribution in [1.29, 1.82) is 0 Å². The number of carbonyl (C=O) groups excluding carboxylic acids is 1. The molecule has 2 aromatic rings. The molecule has 0 spiro atoms. The van der Waals surface area contributed by atoms with Crippen LogP contribution in [-0.4, -0.2) is 32.3 Å². The Hall–Kier alpha value is -3.25. The molecule has 0 saturated carbocycles. The first kappa shape index (κ1) is 23.4. The molecule has 1 aliphatic rings. The Labute approximate surface area is 188 Å². The van der Waals surface area contributed by atoms with Crippen LogP contribution >= 0.6 is 0 Å². The predicted octanol–water partition coefficient (Wildman–Crippen LogP) is 5.02. The summed E-state index contributed by atoms with van der Waals surface area (Å²) >= 11 is 0. The van der Waals surface area contributed by atoms with Crippen molar-refractivity contribution in [3.05, 3.63) is 69.8 Å². The zero-order chi connectivity index (χ0) is 23.6. The molecule has 0 unspecified atom stereocenters. The largest absolute Gasteiger partial charge is 0.508 e. The molecular formula is C26H30O6. The molecule has 6 heteroatoms. The van der Waals surface area contributed by atoms with E-state index in [2.05, 4.69) is 6.08 Å². The molecule has 0 fully saturated rings. The van der Waals surface area contributed by atoms with E-state index >= 15 is 0 Å². The third kappa shape index (κ3) is 4.81. The lowest BCUT2D eigenvalue weighted by atomic mass is 9.90. The minimum atomic E-state index is -1.53. The van der Waals surface area contributed by atoms with Gasteiger partial charge in [0.25, 0.3) is 0 Å². The molecule has 0 bridgehead atoms. The van der Waals surface area contributed by atoms with Crippen LogP contribution in [0.25, 0.3) is 0 Å². The number of ether oxygens (including phenoxy) is 1. The Bertz CT molecular complexity index is 1090. The fraction of sp³-hybridized carbons (Fsp3) is 0.346. The quantitative estimate of drug-likeness (QED) is 0.472. The van der Waals surface area contributed by atoms with Gasteiger partial charge in [-0.15, -0.1) is 0 Å². The van der Waals surface area contributed by atoms with E-state index in [1.54, 1.807) is 19.1 Å². The van der Waals surface area contributed by atoms with Crippen molar-refractivity contribution in [2.75, 3.05) is 0 Å². The monoisotopic (exact) mass is 438 g/mol. The van der Waals surface area contributed by atoms with Crippen LogP contribution in [-0.2, 0) is 6.42 Å². The Morgan fingerprint density at radius 3 is 2.44 bits per heavy atom. The minimum Gasteiger partial charge on any atom is -0.508 e. The summed E-state index contributed by atoms with van der Waals surface area (Å²) in [7, 11) is 0. The van der Waals surface area contributed by atoms with Gasteiger partial charge in [-0.3, -0.25) is 4.79 Å². The lowest BCUT2D eigenvalue weighted by Gasteiger charge is -2.31. The summed E-state index contributed by atoms with van der Waals surface area (Å²) in [6.07, 6.45) is 3.51. The van der Waals surface area contributed by atoms with Gasteiger partial charge in [0.2, 0.25) is 5.78 Å². The molecule has 0 saturated heterocycles. The van der Waals surface area contributed by atoms with Crippen molar-refractivity contribution in [3.63, 3.8) is 0 Å². The number of hydrogen-bond donors (Lipinski definition) is 4. The number of benzene rings is 2. The highest BCUT2D eigenvalue weighted by Crippen LogP contribution is 2.45. The van der Waals surface area contributed by atoms with Crippen molar-refractivity contribution >= 4 is 5.78 Å². The number of aliphatic hydroxyl groups excluding tert-OH is 1. The van der Waals surface area contributed by atoms with Gasteiger partial charge in [0.15, 0.2) is 12.2 Å². The van der Waals surface area contributed by atoms with E-state index in [1.807, 2.05) is 26.8 Å². The number of aryl methyl sites for hydroxylation is 1. The molecule has 0 aromatic heterocycles. The first-order valence-electron chi connectivity index (χ1n) is 10.6. The summed E-state index contributed by atoms with van der Waals surface area (Å²) < 4.78 is 5.82. The van der Waals surface area contributed by atoms with Crippen LogP contribution in [0.1, 0.15) is 66.8 Å². The number of ketones is 1. The van der Waals surface area contributed by atoms with Crippen molar-refractivity contribution in [2.45, 2.75) is 59.2 Å². The Balaban J connectivity index is 1.89. The number of aromatic hydroxyl groups is 3. The van der Waals surface area contributed by atoms with E-state index in [-0.39, 0.29) is 40.5 Å². The summed E-state index contributed by atoms with van der Waals surface area (Å²) in [5.41, 5.74) is 3.51. The van der Waals surface area contributed by atoms with Crippen molar-refractivity contribution in [1.82, 2.24) is 0 Å². The molecule has 3 rings (SSSR count). The van der Waals surface area contributed by atoms with Crippen LogP contribution in [0.5, 0.6) is 23.0 Å². The number of hydrogen-bond acceptors (Lipinski definition) is 6. The summed E-state index contributed by atoms with van der Waals surface area (Å²) in [6, 6.07) is 5.95. The molecule has 6 nitrogen and oxygen atoms in total. The van der Waals surface area contributed by atoms with Crippen molar-refractivity contribution < 1.29 is 30.0 Å². The van der Waals surface area contributed by atoms with E-state index in [9.17, 15) is 25.2 Å². The third-order valence-electron chi connectivity index (χ3n) is 5.70. The topological polar surface area (TPSA) is 107 Å². The minimum absolute atomic E-state index is 0.0130. The first-order valence-corrected chi connectivity index (χ1v) is 10.6. The number of Topliss-reactive ketones (excluding diaryl/α,β-unsaturated/α-hetero) is 1. The van der Waals surface area contributed by atoms with Gasteiger partial charge < -0.3 is 25.2 Å². The fourth-order valence-corrected chi connectivity index (χ4v) is 3.76. The maximum absolute atomic E-state index is 12.9. The number of carbonyl (C=O) groups is 1. The van der Waals surface area contributed by atoms with Gasteiger partial charge in [-0.1, -0.05) is 29.4 Å². The second-order valence-electron chi connectivity index (χ2n) is 8.56. The summed E-state index contributed by atoms with van der Waals surface area (Å²) in [4.78, 5) is 12.9. The predicted molar refractivity (Wildman–Crippen MR) is 122 cm³/mol. The van der Waals surface area contributed by atoms with Gasteiger partial charge in [0.1, 0.15) is 28.6 Å². The zero-order valence-electron chi connectivity index (χ0n) is 18.8. The van der Waals surface area contributed by atoms with Crippen molar-refractivity contribution in [3.8, 4) is 23.0 Å². The molecule has 2 aromatic carbocycles. The number of fused-ring (bicyclic) bond motifs is 1. The van der Waals surface area contributed by atoms with Crippen LogP contribution in [0, 0.1) is 6.92 Å². The highest BCUT2D eigenvalue weighted by atomic mass is 16.5. The zero-order valence-corrected chi connectivity index (χ0v) is 18.8.